The standard InChI is InChI=1S/2C4H9.Al.H/c2*1-4(2)3;;/h2*1-3H3;;/q;;+1;-1. The largest absolute Gasteiger partial charge is 1.00 e. The number of hydrogen-bond donors (Lipinski definition) is 0. The second-order valence-corrected chi connectivity index (χ2v) is 8.63. The molecule has 0 amide bonds. The van der Waals surface area contributed by atoms with E-state index in [0.717, 1.165) is 0 Å². The van der Waals surface area contributed by atoms with Crippen LogP contribution in [0.2, 0.25) is 8.55 Å². The van der Waals surface area contributed by atoms with E-state index in [9.17, 15) is 0 Å². The Labute approximate surface area is 67.2 Å². The van der Waals surface area contributed by atoms with Crippen molar-refractivity contribution < 1.29 is 1.43 Å². The Morgan fingerprint density at radius 1 is 0.778 bits per heavy atom. The first-order valence-electron chi connectivity index (χ1n) is 3.58. The molecule has 0 rings (SSSR count). The minimum absolute atomic E-state index is 0. The Morgan fingerprint density at radius 3 is 1.00 bits per heavy atom. The van der Waals surface area contributed by atoms with Crippen molar-refractivity contribution >= 4 is 15.2 Å². The zero-order chi connectivity index (χ0) is 7.71. The summed E-state index contributed by atoms with van der Waals surface area (Å²) in [6.45, 7) is 14.0. The van der Waals surface area contributed by atoms with Crippen LogP contribution in [0.3, 0.4) is 0 Å². The molecule has 0 atom stereocenters. The maximum atomic E-state index is 2.33. The molecule has 0 bridgehead atoms. The normalized spacial score (nSPS) is 13.1. The molecule has 0 N–H and O–H groups in total. The van der Waals surface area contributed by atoms with Gasteiger partial charge in [-0.15, -0.1) is 0 Å². The van der Waals surface area contributed by atoms with Crippen molar-refractivity contribution in [3.63, 3.8) is 0 Å². The maximum absolute atomic E-state index is 2.33. The molecule has 0 unspecified atom stereocenters. The van der Waals surface area contributed by atoms with Crippen molar-refractivity contribution in [2.75, 3.05) is 0 Å². The van der Waals surface area contributed by atoms with Gasteiger partial charge in [0.2, 0.25) is 0 Å². The van der Waals surface area contributed by atoms with Crippen LogP contribution >= 0.6 is 0 Å². The van der Waals surface area contributed by atoms with Crippen LogP contribution in [0.5, 0.6) is 0 Å². The summed E-state index contributed by atoms with van der Waals surface area (Å²) in [4.78, 5) is 0. The molecular formula is C8H19Al. The van der Waals surface area contributed by atoms with E-state index >= 15 is 0 Å². The van der Waals surface area contributed by atoms with Gasteiger partial charge in [0.15, 0.2) is 0 Å². The van der Waals surface area contributed by atoms with Crippen molar-refractivity contribution in [3.05, 3.63) is 0 Å². The van der Waals surface area contributed by atoms with E-state index < -0.39 is 0 Å². The molecule has 0 aromatic carbocycles. The van der Waals surface area contributed by atoms with Crippen molar-refractivity contribution in [3.8, 4) is 0 Å². The molecule has 0 saturated carbocycles. The van der Waals surface area contributed by atoms with Gasteiger partial charge in [-0.1, -0.05) is 0 Å². The molecule has 9 heavy (non-hydrogen) atoms. The second kappa shape index (κ2) is 2.64. The van der Waals surface area contributed by atoms with E-state index in [1.807, 2.05) is 0 Å². The van der Waals surface area contributed by atoms with Gasteiger partial charge < -0.3 is 1.43 Å². The van der Waals surface area contributed by atoms with Crippen LogP contribution in [0.1, 0.15) is 43.0 Å². The van der Waals surface area contributed by atoms with E-state index in [4.69, 9.17) is 0 Å². The molecule has 0 aromatic rings. The molecule has 0 aliphatic rings. The van der Waals surface area contributed by atoms with Crippen LogP contribution in [0.15, 0.2) is 0 Å². The van der Waals surface area contributed by atoms with Crippen LogP contribution < -0.4 is 0 Å². The van der Waals surface area contributed by atoms with Crippen LogP contribution in [-0.2, 0) is 0 Å². The van der Waals surface area contributed by atoms with E-state index in [0.29, 0.717) is 23.8 Å². The maximum Gasteiger partial charge on any atom is -1.00 e. The van der Waals surface area contributed by atoms with Crippen molar-refractivity contribution in [1.29, 1.82) is 0 Å². The van der Waals surface area contributed by atoms with E-state index in [1.54, 1.807) is 0 Å². The minimum Gasteiger partial charge on any atom is -1.00 e. The molecule has 0 heterocycles. The fourth-order valence-electron chi connectivity index (χ4n) is 1.30. The molecule has 0 aromatic heterocycles. The van der Waals surface area contributed by atoms with E-state index in [1.165, 1.54) is 0 Å². The summed E-state index contributed by atoms with van der Waals surface area (Å²) in [5, 5.41) is 0. The molecule has 0 aliphatic heterocycles. The summed E-state index contributed by atoms with van der Waals surface area (Å²) in [7, 11) is 0. The zero-order valence-corrected chi connectivity index (χ0v) is 8.73. The molecule has 54 valence electrons. The molecule has 0 nitrogen and oxygen atoms in total. The van der Waals surface area contributed by atoms with Crippen LogP contribution in [0.4, 0.5) is 0 Å². The number of rotatable bonds is 0. The molecule has 0 radical (unpaired) electrons. The van der Waals surface area contributed by atoms with Crippen LogP contribution in [0, 0.1) is 0 Å². The van der Waals surface area contributed by atoms with Crippen molar-refractivity contribution in [2.45, 2.75) is 50.1 Å². The quantitative estimate of drug-likeness (QED) is 0.455. The van der Waals surface area contributed by atoms with Crippen molar-refractivity contribution in [2.24, 2.45) is 0 Å². The SMILES string of the molecule is C[C](C)(C)[Al+][C](C)(C)C.[H-]. The van der Waals surface area contributed by atoms with Gasteiger partial charge in [-0.3, -0.25) is 0 Å². The summed E-state index contributed by atoms with van der Waals surface area (Å²) in [6.07, 6.45) is 0. The molecule has 1 heteroatoms. The molecule has 0 spiro atoms. The van der Waals surface area contributed by atoms with Gasteiger partial charge in [0.05, 0.1) is 0 Å². The third-order valence-corrected chi connectivity index (χ3v) is 2.60. The zero-order valence-electron chi connectivity index (χ0n) is 8.58. The predicted octanol–water partition coefficient (Wildman–Crippen LogP) is 3.24. The van der Waals surface area contributed by atoms with Crippen LogP contribution in [-0.4, -0.2) is 15.2 Å². The Bertz CT molecular complexity index is 74.4. The Kier molecular flexibility index (Phi) is 2.80. The van der Waals surface area contributed by atoms with E-state index in [2.05, 4.69) is 41.5 Å². The van der Waals surface area contributed by atoms with Gasteiger partial charge in [-0.2, -0.15) is 0 Å². The molecule has 0 aliphatic carbocycles. The fourth-order valence-corrected chi connectivity index (χ4v) is 3.90. The smallest absolute Gasteiger partial charge is 1.00 e. The molecular weight excluding hydrogens is 123 g/mol. The first-order valence-corrected chi connectivity index (χ1v) is 4.73. The third-order valence-electron chi connectivity index (χ3n) is 0.866. The molecule has 0 saturated heterocycles. The fraction of sp³-hybridized carbons (Fsp3) is 1.00. The second-order valence-electron chi connectivity index (χ2n) is 4.88. The van der Waals surface area contributed by atoms with Gasteiger partial charge in [-0.05, 0) is 0 Å². The monoisotopic (exact) mass is 142 g/mol. The van der Waals surface area contributed by atoms with Crippen molar-refractivity contribution in [1.82, 2.24) is 0 Å². The third kappa shape index (κ3) is 8.53. The van der Waals surface area contributed by atoms with Gasteiger partial charge in [-0.25, -0.2) is 0 Å². The van der Waals surface area contributed by atoms with Gasteiger partial charge in [0.1, 0.15) is 0 Å². The summed E-state index contributed by atoms with van der Waals surface area (Å²) in [5.74, 6) is 0. The van der Waals surface area contributed by atoms with E-state index in [-0.39, 0.29) is 1.43 Å². The van der Waals surface area contributed by atoms with Gasteiger partial charge in [0, 0.05) is 0 Å². The molecule has 0 fully saturated rings. The summed E-state index contributed by atoms with van der Waals surface area (Å²) >= 11 is 0.569. The summed E-state index contributed by atoms with van der Waals surface area (Å²) < 4.78 is 1.14. The Morgan fingerprint density at radius 2 is 1.00 bits per heavy atom. The average molecular weight is 142 g/mol. The topological polar surface area (TPSA) is 0 Å². The van der Waals surface area contributed by atoms with Gasteiger partial charge >= 0.3 is 65.3 Å². The average Bonchev–Trinajstić information content (AvgIpc) is 1.14. The van der Waals surface area contributed by atoms with Crippen LogP contribution in [0.25, 0.3) is 0 Å². The Hall–Kier alpha value is 0.532. The summed E-state index contributed by atoms with van der Waals surface area (Å²) in [6, 6.07) is 0. The Balaban J connectivity index is 0. The first kappa shape index (κ1) is 9.53. The minimum atomic E-state index is 0. The number of hydrogen-bond acceptors (Lipinski definition) is 0. The first-order chi connectivity index (χ1) is 3.71. The van der Waals surface area contributed by atoms with Gasteiger partial charge in [0.25, 0.3) is 0 Å². The summed E-state index contributed by atoms with van der Waals surface area (Å²) in [5.41, 5.74) is 0. The predicted molar refractivity (Wildman–Crippen MR) is 46.3 cm³/mol.